The van der Waals surface area contributed by atoms with Gasteiger partial charge in [-0.3, -0.25) is 4.79 Å². The van der Waals surface area contributed by atoms with Crippen LogP contribution in [0, 0.1) is 12.8 Å². The molecule has 1 aromatic heterocycles. The Labute approximate surface area is 77.9 Å². The molecule has 0 spiro atoms. The Morgan fingerprint density at radius 1 is 1.62 bits per heavy atom. The molecule has 0 saturated carbocycles. The molecule has 2 heteroatoms. The van der Waals surface area contributed by atoms with Gasteiger partial charge in [0.2, 0.25) is 5.78 Å². The van der Waals surface area contributed by atoms with Crippen molar-refractivity contribution in [2.75, 3.05) is 0 Å². The molecule has 0 bridgehead atoms. The van der Waals surface area contributed by atoms with Gasteiger partial charge in [-0.15, -0.1) is 0 Å². The summed E-state index contributed by atoms with van der Waals surface area (Å²) in [5.74, 6) is 1.03. The average Bonchev–Trinajstić information content (AvgIpc) is 2.59. The number of ketones is 1. The Morgan fingerprint density at radius 2 is 2.38 bits per heavy atom. The van der Waals surface area contributed by atoms with E-state index in [1.807, 2.05) is 6.92 Å². The largest absolute Gasteiger partial charge is 0.461 e. The molecule has 70 valence electrons. The highest BCUT2D eigenvalue weighted by Gasteiger charge is 2.33. The highest BCUT2D eigenvalue weighted by molar-refractivity contribution is 6.00. The monoisotopic (exact) mass is 178 g/mol. The first kappa shape index (κ1) is 8.54. The molecular formula is C11H14O2. The molecule has 2 nitrogen and oxygen atoms in total. The van der Waals surface area contributed by atoms with Crippen molar-refractivity contribution in [1.29, 1.82) is 0 Å². The van der Waals surface area contributed by atoms with Gasteiger partial charge < -0.3 is 4.42 Å². The molecular weight excluding hydrogens is 164 g/mol. The van der Waals surface area contributed by atoms with Crippen molar-refractivity contribution in [1.82, 2.24) is 0 Å². The van der Waals surface area contributed by atoms with E-state index < -0.39 is 0 Å². The molecule has 0 saturated heterocycles. The predicted octanol–water partition coefficient (Wildman–Crippen LogP) is 2.74. The molecule has 0 N–H and O–H groups in total. The number of Topliss-reactive ketones (excluding diaryl/α,β-unsaturated/α-hetero) is 1. The van der Waals surface area contributed by atoms with Crippen LogP contribution in [0.2, 0.25) is 0 Å². The zero-order valence-electron chi connectivity index (χ0n) is 8.09. The molecule has 1 aliphatic rings. The number of furan rings is 1. The fraction of sp³-hybridized carbons (Fsp3) is 0.545. The first-order valence-corrected chi connectivity index (χ1v) is 4.85. The zero-order chi connectivity index (χ0) is 9.42. The molecule has 0 amide bonds. The Morgan fingerprint density at radius 3 is 3.00 bits per heavy atom. The van der Waals surface area contributed by atoms with E-state index in [0.29, 0.717) is 5.76 Å². The summed E-state index contributed by atoms with van der Waals surface area (Å²) in [4.78, 5) is 11.7. The quantitative estimate of drug-likeness (QED) is 0.697. The minimum absolute atomic E-state index is 0.193. The van der Waals surface area contributed by atoms with Crippen molar-refractivity contribution in [2.24, 2.45) is 5.92 Å². The Hall–Kier alpha value is -1.05. The van der Waals surface area contributed by atoms with E-state index in [0.717, 1.165) is 30.4 Å². The molecule has 1 aliphatic carbocycles. The maximum atomic E-state index is 11.7. The Balaban J connectivity index is 2.28. The average molecular weight is 178 g/mol. The number of fused-ring (bicyclic) bond motifs is 1. The van der Waals surface area contributed by atoms with Gasteiger partial charge in [0.15, 0.2) is 5.76 Å². The van der Waals surface area contributed by atoms with E-state index in [2.05, 4.69) is 6.92 Å². The van der Waals surface area contributed by atoms with Crippen LogP contribution in [0.5, 0.6) is 0 Å². The maximum Gasteiger partial charge on any atom is 0.201 e. The van der Waals surface area contributed by atoms with Crippen LogP contribution >= 0.6 is 0 Å². The van der Waals surface area contributed by atoms with Crippen molar-refractivity contribution < 1.29 is 9.21 Å². The van der Waals surface area contributed by atoms with Gasteiger partial charge in [-0.05, 0) is 25.3 Å². The second-order valence-corrected chi connectivity index (χ2v) is 3.78. The molecule has 13 heavy (non-hydrogen) atoms. The van der Waals surface area contributed by atoms with E-state index >= 15 is 0 Å². The van der Waals surface area contributed by atoms with E-state index in [9.17, 15) is 4.79 Å². The van der Waals surface area contributed by atoms with Crippen LogP contribution in [-0.2, 0) is 6.42 Å². The summed E-state index contributed by atoms with van der Waals surface area (Å²) in [6, 6.07) is 0. The van der Waals surface area contributed by atoms with Gasteiger partial charge >= 0.3 is 0 Å². The standard InChI is InChI=1S/C11H14O2/c1-3-4-8-5-9-7(2)6-13-11(9)10(8)12/h6,8H,3-5H2,1-2H3/t8-/m1/s1. The summed E-state index contributed by atoms with van der Waals surface area (Å²) in [6.07, 6.45) is 4.64. The van der Waals surface area contributed by atoms with Gasteiger partial charge in [-0.2, -0.15) is 0 Å². The van der Waals surface area contributed by atoms with E-state index in [4.69, 9.17) is 4.42 Å². The van der Waals surface area contributed by atoms with Crippen molar-refractivity contribution >= 4 is 5.78 Å². The van der Waals surface area contributed by atoms with Gasteiger partial charge in [0.05, 0.1) is 6.26 Å². The third kappa shape index (κ3) is 1.21. The lowest BCUT2D eigenvalue weighted by Crippen LogP contribution is -2.08. The summed E-state index contributed by atoms with van der Waals surface area (Å²) in [7, 11) is 0. The molecule has 0 unspecified atom stereocenters. The van der Waals surface area contributed by atoms with Gasteiger partial charge in [-0.1, -0.05) is 13.3 Å². The van der Waals surface area contributed by atoms with Gasteiger partial charge in [0.25, 0.3) is 0 Å². The molecule has 0 fully saturated rings. The SMILES string of the molecule is CCC[C@@H]1Cc2c(C)coc2C1=O. The second kappa shape index (κ2) is 3.02. The fourth-order valence-electron chi connectivity index (χ4n) is 2.04. The van der Waals surface area contributed by atoms with Crippen LogP contribution in [-0.4, -0.2) is 5.78 Å². The van der Waals surface area contributed by atoms with Gasteiger partial charge in [0, 0.05) is 11.5 Å². The number of hydrogen-bond acceptors (Lipinski definition) is 2. The van der Waals surface area contributed by atoms with Crippen LogP contribution in [0.15, 0.2) is 10.7 Å². The molecule has 0 radical (unpaired) electrons. The molecule has 1 atom stereocenters. The minimum atomic E-state index is 0.193. The van der Waals surface area contributed by atoms with E-state index in [1.54, 1.807) is 6.26 Å². The lowest BCUT2D eigenvalue weighted by atomic mass is 9.99. The van der Waals surface area contributed by atoms with Crippen molar-refractivity contribution in [3.8, 4) is 0 Å². The first-order valence-electron chi connectivity index (χ1n) is 4.85. The van der Waals surface area contributed by atoms with Crippen LogP contribution < -0.4 is 0 Å². The van der Waals surface area contributed by atoms with Crippen LogP contribution in [0.25, 0.3) is 0 Å². The van der Waals surface area contributed by atoms with Crippen LogP contribution in [0.1, 0.15) is 41.4 Å². The lowest BCUT2D eigenvalue weighted by Gasteiger charge is -2.03. The Bertz CT molecular complexity index is 336. The number of carbonyl (C=O) groups is 1. The zero-order valence-corrected chi connectivity index (χ0v) is 8.09. The summed E-state index contributed by atoms with van der Waals surface area (Å²) < 4.78 is 5.25. The molecule has 0 aliphatic heterocycles. The second-order valence-electron chi connectivity index (χ2n) is 3.78. The molecule has 1 aromatic rings. The normalized spacial score (nSPS) is 20.8. The van der Waals surface area contributed by atoms with Crippen LogP contribution in [0.4, 0.5) is 0 Å². The first-order chi connectivity index (χ1) is 6.24. The van der Waals surface area contributed by atoms with E-state index in [-0.39, 0.29) is 11.7 Å². The van der Waals surface area contributed by atoms with E-state index in [1.165, 1.54) is 0 Å². The minimum Gasteiger partial charge on any atom is -0.461 e. The Kier molecular flexibility index (Phi) is 1.98. The summed E-state index contributed by atoms with van der Waals surface area (Å²) in [6.45, 7) is 4.12. The number of hydrogen-bond donors (Lipinski definition) is 0. The smallest absolute Gasteiger partial charge is 0.201 e. The summed E-state index contributed by atoms with van der Waals surface area (Å²) >= 11 is 0. The van der Waals surface area contributed by atoms with Gasteiger partial charge in [-0.25, -0.2) is 0 Å². The summed E-state index contributed by atoms with van der Waals surface area (Å²) in [5.41, 5.74) is 2.27. The van der Waals surface area contributed by atoms with Crippen molar-refractivity contribution in [3.63, 3.8) is 0 Å². The highest BCUT2D eigenvalue weighted by atomic mass is 16.3. The lowest BCUT2D eigenvalue weighted by molar-refractivity contribution is 0.0905. The third-order valence-corrected chi connectivity index (χ3v) is 2.79. The molecule has 2 rings (SSSR count). The third-order valence-electron chi connectivity index (χ3n) is 2.79. The van der Waals surface area contributed by atoms with Crippen molar-refractivity contribution in [2.45, 2.75) is 33.1 Å². The summed E-state index contributed by atoms with van der Waals surface area (Å²) in [5, 5.41) is 0. The number of rotatable bonds is 2. The predicted molar refractivity (Wildman–Crippen MR) is 49.9 cm³/mol. The number of aryl methyl sites for hydroxylation is 1. The maximum absolute atomic E-state index is 11.7. The number of carbonyl (C=O) groups excluding carboxylic acids is 1. The van der Waals surface area contributed by atoms with Crippen molar-refractivity contribution in [3.05, 3.63) is 23.2 Å². The van der Waals surface area contributed by atoms with Crippen LogP contribution in [0.3, 0.4) is 0 Å². The highest BCUT2D eigenvalue weighted by Crippen LogP contribution is 2.32. The molecule has 1 heterocycles. The molecule has 0 aromatic carbocycles. The topological polar surface area (TPSA) is 30.2 Å². The fourth-order valence-corrected chi connectivity index (χ4v) is 2.04. The van der Waals surface area contributed by atoms with Gasteiger partial charge in [0.1, 0.15) is 0 Å².